The van der Waals surface area contributed by atoms with Gasteiger partial charge < -0.3 is 15.0 Å². The number of rotatable bonds is 8. The topological polar surface area (TPSA) is 74.3 Å². The molecule has 150 valence electrons. The highest BCUT2D eigenvalue weighted by atomic mass is 16.5. The Labute approximate surface area is 171 Å². The van der Waals surface area contributed by atoms with Gasteiger partial charge in [0.25, 0.3) is 5.91 Å². The quantitative estimate of drug-likeness (QED) is 0.591. The molecule has 5 nitrogen and oxygen atoms in total. The number of hydrogen-bond donors (Lipinski definition) is 1. The van der Waals surface area contributed by atoms with Crippen molar-refractivity contribution < 1.29 is 14.3 Å². The molecule has 5 heteroatoms. The molecule has 1 heterocycles. The Balaban J connectivity index is 1.72. The zero-order valence-corrected chi connectivity index (χ0v) is 17.1. The van der Waals surface area contributed by atoms with Crippen LogP contribution in [0.4, 0.5) is 0 Å². The van der Waals surface area contributed by atoms with Crippen LogP contribution in [0.5, 0.6) is 5.75 Å². The summed E-state index contributed by atoms with van der Waals surface area (Å²) in [6, 6.07) is 17.3. The molecule has 0 radical (unpaired) electrons. The number of Topliss-reactive ketones (excluding diaryl/α,β-unsaturated/α-hetero) is 1. The second-order valence-electron chi connectivity index (χ2n) is 7.25. The number of benzene rings is 2. The number of aromatic nitrogens is 1. The Morgan fingerprint density at radius 1 is 0.966 bits per heavy atom. The molecule has 0 atom stereocenters. The lowest BCUT2D eigenvalue weighted by atomic mass is 10.1. The maximum atomic E-state index is 12.8. The lowest BCUT2D eigenvalue weighted by Gasteiger charge is -2.11. The first-order valence-electron chi connectivity index (χ1n) is 9.64. The van der Waals surface area contributed by atoms with Crippen molar-refractivity contribution in [3.63, 3.8) is 0 Å². The molecule has 29 heavy (non-hydrogen) atoms. The monoisotopic (exact) mass is 390 g/mol. The van der Waals surface area contributed by atoms with Crippen molar-refractivity contribution in [3.05, 3.63) is 88.2 Å². The highest BCUT2D eigenvalue weighted by Crippen LogP contribution is 2.21. The number of amides is 1. The normalized spacial score (nSPS) is 10.7. The van der Waals surface area contributed by atoms with Crippen LogP contribution in [0.2, 0.25) is 0 Å². The van der Waals surface area contributed by atoms with Gasteiger partial charge >= 0.3 is 0 Å². The van der Waals surface area contributed by atoms with E-state index in [2.05, 4.69) is 16.7 Å². The maximum Gasteiger partial charge on any atom is 0.252 e. The molecule has 1 aromatic heterocycles. The molecule has 0 aliphatic heterocycles. The number of nitrogens with two attached hydrogens (primary N) is 1. The van der Waals surface area contributed by atoms with E-state index in [9.17, 15) is 9.59 Å². The van der Waals surface area contributed by atoms with Gasteiger partial charge in [0.1, 0.15) is 5.75 Å². The fourth-order valence-electron chi connectivity index (χ4n) is 3.49. The van der Waals surface area contributed by atoms with Crippen molar-refractivity contribution in [2.45, 2.75) is 33.7 Å². The molecule has 0 fully saturated rings. The van der Waals surface area contributed by atoms with Crippen LogP contribution in [-0.4, -0.2) is 22.9 Å². The van der Waals surface area contributed by atoms with Gasteiger partial charge in [-0.2, -0.15) is 0 Å². The number of ether oxygens (including phenoxy) is 1. The third kappa shape index (κ3) is 4.74. The molecule has 0 saturated heterocycles. The van der Waals surface area contributed by atoms with E-state index in [-0.39, 0.29) is 18.0 Å². The lowest BCUT2D eigenvalue weighted by molar-refractivity contribution is 0.0911. The molecule has 0 aliphatic carbocycles. The molecule has 2 aromatic carbocycles. The molecular formula is C24H26N2O3. The number of primary amides is 1. The summed E-state index contributed by atoms with van der Waals surface area (Å²) in [4.78, 5) is 24.4. The number of carbonyl (C=O) groups excluding carboxylic acids is 2. The third-order valence-corrected chi connectivity index (χ3v) is 5.10. The predicted molar refractivity (Wildman–Crippen MR) is 114 cm³/mol. The molecule has 0 spiro atoms. The molecule has 3 aromatic rings. The van der Waals surface area contributed by atoms with Crippen molar-refractivity contribution in [2.75, 3.05) is 6.61 Å². The summed E-state index contributed by atoms with van der Waals surface area (Å²) in [5.41, 5.74) is 10.5. The van der Waals surface area contributed by atoms with Gasteiger partial charge in [-0.3, -0.25) is 9.59 Å². The molecule has 0 bridgehead atoms. The van der Waals surface area contributed by atoms with Crippen molar-refractivity contribution >= 4 is 11.7 Å². The maximum absolute atomic E-state index is 12.8. The Bertz CT molecular complexity index is 1040. The van der Waals surface area contributed by atoms with E-state index >= 15 is 0 Å². The fraction of sp³-hybridized carbons (Fsp3) is 0.250. The first kappa shape index (κ1) is 20.4. The van der Waals surface area contributed by atoms with Gasteiger partial charge in [0.15, 0.2) is 6.61 Å². The summed E-state index contributed by atoms with van der Waals surface area (Å²) in [6.07, 6.45) is 0.895. The van der Waals surface area contributed by atoms with E-state index in [4.69, 9.17) is 10.5 Å². The zero-order valence-electron chi connectivity index (χ0n) is 17.1. The smallest absolute Gasteiger partial charge is 0.252 e. The first-order valence-corrected chi connectivity index (χ1v) is 9.64. The second kappa shape index (κ2) is 8.78. The zero-order chi connectivity index (χ0) is 21.0. The van der Waals surface area contributed by atoms with Crippen LogP contribution >= 0.6 is 0 Å². The lowest BCUT2D eigenvalue weighted by Crippen LogP contribution is -2.17. The van der Waals surface area contributed by atoms with Crippen LogP contribution in [0.1, 0.15) is 43.2 Å². The minimum atomic E-state index is -0.577. The number of aryl methyl sites for hydroxylation is 3. The third-order valence-electron chi connectivity index (χ3n) is 5.10. The van der Waals surface area contributed by atoms with E-state index in [1.807, 2.05) is 45.0 Å². The van der Waals surface area contributed by atoms with Crippen LogP contribution in [0.15, 0.2) is 54.6 Å². The second-order valence-corrected chi connectivity index (χ2v) is 7.25. The van der Waals surface area contributed by atoms with Crippen molar-refractivity contribution in [2.24, 2.45) is 5.73 Å². The van der Waals surface area contributed by atoms with Crippen LogP contribution in [0.25, 0.3) is 0 Å². The van der Waals surface area contributed by atoms with Crippen molar-refractivity contribution in [1.29, 1.82) is 0 Å². The van der Waals surface area contributed by atoms with Gasteiger partial charge in [0, 0.05) is 23.5 Å². The van der Waals surface area contributed by atoms with Crippen molar-refractivity contribution in [1.82, 2.24) is 4.57 Å². The molecule has 0 saturated carbocycles. The Hall–Kier alpha value is -3.34. The van der Waals surface area contributed by atoms with Crippen LogP contribution < -0.4 is 10.5 Å². The summed E-state index contributed by atoms with van der Waals surface area (Å²) in [6.45, 7) is 6.50. The minimum Gasteiger partial charge on any atom is -0.485 e. The van der Waals surface area contributed by atoms with E-state index in [1.165, 1.54) is 5.56 Å². The largest absolute Gasteiger partial charge is 0.485 e. The van der Waals surface area contributed by atoms with Crippen LogP contribution in [0, 0.1) is 20.8 Å². The highest BCUT2D eigenvalue weighted by molar-refractivity contribution is 5.99. The van der Waals surface area contributed by atoms with Gasteiger partial charge in [-0.25, -0.2) is 0 Å². The first-order chi connectivity index (χ1) is 13.9. The summed E-state index contributed by atoms with van der Waals surface area (Å²) in [5, 5.41) is 0. The summed E-state index contributed by atoms with van der Waals surface area (Å²) in [5.74, 6) is -0.365. The molecule has 0 unspecified atom stereocenters. The van der Waals surface area contributed by atoms with Crippen LogP contribution in [0.3, 0.4) is 0 Å². The number of nitrogens with zero attached hydrogens (tertiary/aromatic N) is 1. The Kier molecular flexibility index (Phi) is 6.17. The Morgan fingerprint density at radius 3 is 2.38 bits per heavy atom. The summed E-state index contributed by atoms with van der Waals surface area (Å²) in [7, 11) is 0. The van der Waals surface area contributed by atoms with Gasteiger partial charge in [0.05, 0.1) is 5.56 Å². The average Bonchev–Trinajstić information content (AvgIpc) is 2.99. The Morgan fingerprint density at radius 2 is 1.69 bits per heavy atom. The molecule has 2 N–H and O–H groups in total. The molecule has 0 aliphatic rings. The highest BCUT2D eigenvalue weighted by Gasteiger charge is 2.18. The van der Waals surface area contributed by atoms with E-state index in [0.717, 1.165) is 29.9 Å². The summed E-state index contributed by atoms with van der Waals surface area (Å²) >= 11 is 0. The van der Waals surface area contributed by atoms with Gasteiger partial charge in [0.2, 0.25) is 5.78 Å². The molecule has 3 rings (SSSR count). The van der Waals surface area contributed by atoms with E-state index in [1.54, 1.807) is 18.2 Å². The van der Waals surface area contributed by atoms with Crippen molar-refractivity contribution in [3.8, 4) is 5.75 Å². The van der Waals surface area contributed by atoms with Crippen LogP contribution in [-0.2, 0) is 13.0 Å². The van der Waals surface area contributed by atoms with E-state index in [0.29, 0.717) is 11.3 Å². The molecule has 1 amide bonds. The standard InChI is InChI=1S/C24H26N2O3/c1-16-9-10-20(24(25)28)23(13-16)29-15-22(27)21-14-17(2)26(18(21)3)12-11-19-7-5-4-6-8-19/h4-10,13-14H,11-12,15H2,1-3H3,(H2,25,28). The fourth-order valence-corrected chi connectivity index (χ4v) is 3.49. The average molecular weight is 390 g/mol. The number of hydrogen-bond acceptors (Lipinski definition) is 3. The predicted octanol–water partition coefficient (Wildman–Crippen LogP) is 4.02. The van der Waals surface area contributed by atoms with Gasteiger partial charge in [-0.15, -0.1) is 0 Å². The SMILES string of the molecule is Cc1ccc(C(N)=O)c(OCC(=O)c2cc(C)n(CCc3ccccc3)c2C)c1. The molecular weight excluding hydrogens is 364 g/mol. The van der Waals surface area contributed by atoms with E-state index < -0.39 is 5.91 Å². The minimum absolute atomic E-state index is 0.124. The number of ketones is 1. The van der Waals surface area contributed by atoms with Gasteiger partial charge in [-0.05, 0) is 56.5 Å². The number of carbonyl (C=O) groups is 2. The van der Waals surface area contributed by atoms with Gasteiger partial charge in [-0.1, -0.05) is 36.4 Å². The summed E-state index contributed by atoms with van der Waals surface area (Å²) < 4.78 is 7.82.